The highest BCUT2D eigenvalue weighted by atomic mass is 32.1. The zero-order valence-electron chi connectivity index (χ0n) is 19.4. The van der Waals surface area contributed by atoms with E-state index in [0.717, 1.165) is 51.5 Å². The fourth-order valence-electron chi connectivity index (χ4n) is 4.80. The van der Waals surface area contributed by atoms with Crippen LogP contribution in [0.5, 0.6) is 0 Å². The minimum Gasteiger partial charge on any atom is -0.454 e. The van der Waals surface area contributed by atoms with Crippen molar-refractivity contribution in [1.82, 2.24) is 9.78 Å². The summed E-state index contributed by atoms with van der Waals surface area (Å²) in [7, 11) is 0. The molecule has 36 heavy (non-hydrogen) atoms. The smallest absolute Gasteiger partial charge is 0.156 e. The molecule has 5 nitrogen and oxygen atoms in total. The molecule has 0 radical (unpaired) electrons. The second-order valence-corrected chi connectivity index (χ2v) is 9.73. The van der Waals surface area contributed by atoms with Gasteiger partial charge in [-0.2, -0.15) is 10.2 Å². The van der Waals surface area contributed by atoms with Crippen LogP contribution in [-0.4, -0.2) is 15.5 Å². The zero-order chi connectivity index (χ0) is 23.9. The van der Waals surface area contributed by atoms with E-state index >= 15 is 0 Å². The van der Waals surface area contributed by atoms with E-state index in [1.165, 1.54) is 4.88 Å². The van der Waals surface area contributed by atoms with Crippen LogP contribution in [0.4, 0.5) is 5.69 Å². The molecule has 3 aromatic heterocycles. The lowest BCUT2D eigenvalue weighted by Gasteiger charge is -2.23. The minimum atomic E-state index is -0.0230. The molecule has 3 aromatic carbocycles. The van der Waals surface area contributed by atoms with E-state index in [9.17, 15) is 0 Å². The first kappa shape index (κ1) is 20.9. The number of anilines is 1. The number of aromatic nitrogens is 2. The van der Waals surface area contributed by atoms with Gasteiger partial charge < -0.3 is 4.42 Å². The third-order valence-corrected chi connectivity index (χ3v) is 7.44. The number of nitrogens with zero attached hydrogens (tertiary/aromatic N) is 4. The molecule has 0 spiro atoms. The van der Waals surface area contributed by atoms with Crippen molar-refractivity contribution in [2.45, 2.75) is 12.5 Å². The highest BCUT2D eigenvalue weighted by Gasteiger charge is 2.34. The number of fused-ring (bicyclic) bond motifs is 1. The van der Waals surface area contributed by atoms with Gasteiger partial charge in [0.25, 0.3) is 0 Å². The van der Waals surface area contributed by atoms with Gasteiger partial charge in [0, 0.05) is 23.6 Å². The van der Waals surface area contributed by atoms with Crippen molar-refractivity contribution in [1.29, 1.82) is 0 Å². The molecule has 0 unspecified atom stereocenters. The number of hydrazone groups is 1. The van der Waals surface area contributed by atoms with Crippen LogP contribution in [0.3, 0.4) is 0 Å². The van der Waals surface area contributed by atoms with Crippen LogP contribution in [-0.2, 0) is 0 Å². The van der Waals surface area contributed by atoms with Gasteiger partial charge in [-0.25, -0.2) is 4.68 Å². The lowest BCUT2D eigenvalue weighted by molar-refractivity contribution is 0.623. The molecule has 4 heterocycles. The second kappa shape index (κ2) is 8.66. The lowest BCUT2D eigenvalue weighted by Crippen LogP contribution is -2.18. The van der Waals surface area contributed by atoms with E-state index in [1.807, 2.05) is 47.1 Å². The van der Waals surface area contributed by atoms with Crippen molar-refractivity contribution >= 4 is 33.7 Å². The first-order valence-corrected chi connectivity index (χ1v) is 12.8. The summed E-state index contributed by atoms with van der Waals surface area (Å²) < 4.78 is 8.26. The molecule has 6 aromatic rings. The van der Waals surface area contributed by atoms with Crippen molar-refractivity contribution in [3.8, 4) is 17.1 Å². The molecule has 1 atom stereocenters. The Labute approximate surface area is 212 Å². The van der Waals surface area contributed by atoms with Gasteiger partial charge in [-0.15, -0.1) is 11.3 Å². The molecule has 0 bridgehead atoms. The predicted molar refractivity (Wildman–Crippen MR) is 146 cm³/mol. The summed E-state index contributed by atoms with van der Waals surface area (Å²) in [5, 5.41) is 15.5. The summed E-state index contributed by atoms with van der Waals surface area (Å²) in [5.74, 6) is 0.762. The Morgan fingerprint density at radius 3 is 2.31 bits per heavy atom. The van der Waals surface area contributed by atoms with Gasteiger partial charge in [-0.3, -0.25) is 5.01 Å². The van der Waals surface area contributed by atoms with Crippen LogP contribution in [0, 0.1) is 0 Å². The van der Waals surface area contributed by atoms with E-state index in [2.05, 4.69) is 77.2 Å². The number of hydrogen-bond acceptors (Lipinski definition) is 5. The molecule has 1 aliphatic heterocycles. The van der Waals surface area contributed by atoms with E-state index in [-0.39, 0.29) is 6.04 Å². The number of furan rings is 1. The van der Waals surface area contributed by atoms with E-state index < -0.39 is 0 Å². The van der Waals surface area contributed by atoms with Crippen LogP contribution in [0.15, 0.2) is 124 Å². The third-order valence-electron chi connectivity index (χ3n) is 6.52. The van der Waals surface area contributed by atoms with Gasteiger partial charge in [-0.05, 0) is 47.8 Å². The summed E-state index contributed by atoms with van der Waals surface area (Å²) >= 11 is 1.72. The molecule has 0 saturated heterocycles. The Bertz CT molecular complexity index is 1630. The van der Waals surface area contributed by atoms with Crippen LogP contribution < -0.4 is 5.01 Å². The Morgan fingerprint density at radius 1 is 0.806 bits per heavy atom. The van der Waals surface area contributed by atoms with Crippen molar-refractivity contribution in [3.63, 3.8) is 0 Å². The summed E-state index contributed by atoms with van der Waals surface area (Å²) in [6.07, 6.45) is 2.91. The number of para-hydroxylation sites is 3. The molecule has 174 valence electrons. The average Bonchev–Trinajstić information content (AvgIpc) is 3.73. The van der Waals surface area contributed by atoms with Gasteiger partial charge >= 0.3 is 0 Å². The van der Waals surface area contributed by atoms with Crippen molar-refractivity contribution in [3.05, 3.63) is 125 Å². The lowest BCUT2D eigenvalue weighted by atomic mass is 10.00. The molecule has 0 fully saturated rings. The number of rotatable bonds is 5. The Morgan fingerprint density at radius 2 is 1.56 bits per heavy atom. The molecule has 0 saturated carbocycles. The Kier molecular flexibility index (Phi) is 5.03. The molecule has 0 N–H and O–H groups in total. The van der Waals surface area contributed by atoms with Crippen LogP contribution >= 0.6 is 11.3 Å². The zero-order valence-corrected chi connectivity index (χ0v) is 20.2. The molecule has 0 amide bonds. The van der Waals surface area contributed by atoms with E-state index in [4.69, 9.17) is 14.6 Å². The van der Waals surface area contributed by atoms with E-state index in [0.29, 0.717) is 0 Å². The Balaban J connectivity index is 1.40. The number of benzene rings is 3. The largest absolute Gasteiger partial charge is 0.454 e. The maximum absolute atomic E-state index is 6.31. The molecular formula is C30H22N4OS. The number of thiophene rings is 1. The quantitative estimate of drug-likeness (QED) is 0.251. The van der Waals surface area contributed by atoms with Crippen molar-refractivity contribution < 1.29 is 4.42 Å². The van der Waals surface area contributed by atoms with Crippen LogP contribution in [0.25, 0.3) is 28.1 Å². The maximum atomic E-state index is 6.31. The summed E-state index contributed by atoms with van der Waals surface area (Å²) in [4.78, 5) is 1.19. The molecule has 1 aliphatic rings. The normalized spacial score (nSPS) is 15.5. The monoisotopic (exact) mass is 486 g/mol. The van der Waals surface area contributed by atoms with Crippen molar-refractivity contribution in [2.24, 2.45) is 5.10 Å². The fourth-order valence-corrected chi connectivity index (χ4v) is 5.52. The maximum Gasteiger partial charge on any atom is 0.156 e. The van der Waals surface area contributed by atoms with Gasteiger partial charge in [0.1, 0.15) is 11.3 Å². The predicted octanol–water partition coefficient (Wildman–Crippen LogP) is 7.70. The van der Waals surface area contributed by atoms with Crippen molar-refractivity contribution in [2.75, 3.05) is 5.01 Å². The third kappa shape index (κ3) is 3.63. The van der Waals surface area contributed by atoms with Gasteiger partial charge in [0.2, 0.25) is 0 Å². The first-order valence-electron chi connectivity index (χ1n) is 11.9. The fraction of sp³-hybridized carbons (Fsp3) is 0.0667. The SMILES string of the molecule is c1ccc(N2N=C(c3cccs3)C[C@@H]2c2cn(-c3ccccc3)nc2-c2cc3ccccc3o2)cc1. The molecule has 6 heteroatoms. The van der Waals surface area contributed by atoms with Gasteiger partial charge in [-0.1, -0.05) is 60.7 Å². The summed E-state index contributed by atoms with van der Waals surface area (Å²) in [5.41, 5.74) is 5.92. The van der Waals surface area contributed by atoms with Gasteiger partial charge in [0.15, 0.2) is 5.76 Å². The second-order valence-electron chi connectivity index (χ2n) is 8.79. The van der Waals surface area contributed by atoms with Crippen LogP contribution in [0.2, 0.25) is 0 Å². The highest BCUT2D eigenvalue weighted by molar-refractivity contribution is 7.12. The van der Waals surface area contributed by atoms with Crippen LogP contribution in [0.1, 0.15) is 22.9 Å². The number of hydrogen-bond donors (Lipinski definition) is 0. The summed E-state index contributed by atoms with van der Waals surface area (Å²) in [6.45, 7) is 0. The summed E-state index contributed by atoms with van der Waals surface area (Å²) in [6, 6.07) is 34.9. The minimum absolute atomic E-state index is 0.0230. The highest BCUT2D eigenvalue weighted by Crippen LogP contribution is 2.42. The average molecular weight is 487 g/mol. The first-order chi connectivity index (χ1) is 17.8. The Hall–Kier alpha value is -4.42. The molecule has 7 rings (SSSR count). The molecule has 0 aliphatic carbocycles. The van der Waals surface area contributed by atoms with Gasteiger partial charge in [0.05, 0.1) is 28.0 Å². The topological polar surface area (TPSA) is 46.6 Å². The standard InChI is InChI=1S/C30H22N4OS/c1-3-11-22(12-4-1)33-20-24(30(32-33)28-18-21-10-7-8-15-27(21)35-28)26-19-25(29-16-9-17-36-29)31-34(26)23-13-5-2-6-14-23/h1-18,20,26H,19H2/t26-/m1/s1. The molecular weight excluding hydrogens is 464 g/mol. The van der Waals surface area contributed by atoms with E-state index in [1.54, 1.807) is 11.3 Å².